The van der Waals surface area contributed by atoms with Gasteiger partial charge >= 0.3 is 0 Å². The number of nitrogens with one attached hydrogen (secondary N) is 2. The highest BCUT2D eigenvalue weighted by molar-refractivity contribution is 5.85. The highest BCUT2D eigenvalue weighted by Crippen LogP contribution is 2.26. The topological polar surface area (TPSA) is 49.8 Å². The average molecular weight is 383 g/mol. The number of rotatable bonds is 6. The van der Waals surface area contributed by atoms with Crippen LogP contribution >= 0.6 is 12.4 Å². The Morgan fingerprint density at radius 3 is 1.22 bits per heavy atom. The van der Waals surface area contributed by atoms with Crippen molar-refractivity contribution in [3.8, 4) is 0 Å². The van der Waals surface area contributed by atoms with Crippen LogP contribution in [0.15, 0.2) is 60.9 Å². The maximum absolute atomic E-state index is 4.44. The molecule has 0 unspecified atom stereocenters. The van der Waals surface area contributed by atoms with E-state index in [1.54, 1.807) is 12.4 Å². The molecule has 0 aliphatic rings. The first-order valence-corrected chi connectivity index (χ1v) is 9.08. The molecule has 4 nitrogen and oxygen atoms in total. The largest absolute Gasteiger partial charge is 0.337 e. The van der Waals surface area contributed by atoms with E-state index in [2.05, 4.69) is 96.8 Å². The summed E-state index contributed by atoms with van der Waals surface area (Å²) < 4.78 is 0. The standard InChI is InChI=1S/C22H26N4.ClH/c1-15(2)17-5-9-19(10-6-17)25-21-22(24-14-13-23-21)26-20-11-7-18(8-12-20)16(3)4;/h5-16H,1-4H3,(H,23,25)(H,24,26);1H. The van der Waals surface area contributed by atoms with Gasteiger partial charge in [0.1, 0.15) is 0 Å². The van der Waals surface area contributed by atoms with E-state index in [0.717, 1.165) is 11.4 Å². The van der Waals surface area contributed by atoms with Gasteiger partial charge < -0.3 is 10.6 Å². The number of nitrogens with zero attached hydrogens (tertiary/aromatic N) is 2. The molecule has 2 aromatic carbocycles. The predicted molar refractivity (Wildman–Crippen MR) is 117 cm³/mol. The molecule has 0 aliphatic carbocycles. The van der Waals surface area contributed by atoms with Crippen molar-refractivity contribution in [1.29, 1.82) is 0 Å². The Balaban J connectivity index is 0.00000261. The Morgan fingerprint density at radius 1 is 0.593 bits per heavy atom. The minimum Gasteiger partial charge on any atom is -0.337 e. The van der Waals surface area contributed by atoms with Gasteiger partial charge in [0.25, 0.3) is 0 Å². The Morgan fingerprint density at radius 2 is 0.926 bits per heavy atom. The fraction of sp³-hybridized carbons (Fsp3) is 0.273. The third kappa shape index (κ3) is 5.44. The van der Waals surface area contributed by atoms with E-state index in [-0.39, 0.29) is 12.4 Å². The molecular formula is C22H27ClN4. The Hall–Kier alpha value is -2.59. The van der Waals surface area contributed by atoms with Gasteiger partial charge in [0.05, 0.1) is 0 Å². The lowest BCUT2D eigenvalue weighted by atomic mass is 10.0. The first-order valence-electron chi connectivity index (χ1n) is 9.08. The summed E-state index contributed by atoms with van der Waals surface area (Å²) in [6, 6.07) is 16.9. The van der Waals surface area contributed by atoms with Crippen LogP contribution in [-0.2, 0) is 0 Å². The van der Waals surface area contributed by atoms with Crippen LogP contribution in [0.1, 0.15) is 50.7 Å². The number of benzene rings is 2. The molecule has 0 saturated heterocycles. The second-order valence-corrected chi connectivity index (χ2v) is 7.06. The smallest absolute Gasteiger partial charge is 0.173 e. The molecular weight excluding hydrogens is 356 g/mol. The van der Waals surface area contributed by atoms with Crippen molar-refractivity contribution in [1.82, 2.24) is 9.97 Å². The van der Waals surface area contributed by atoms with Gasteiger partial charge in [0, 0.05) is 23.8 Å². The van der Waals surface area contributed by atoms with Gasteiger partial charge in [0.2, 0.25) is 0 Å². The Kier molecular flexibility index (Phi) is 7.19. The molecule has 0 bridgehead atoms. The minimum atomic E-state index is 0. The maximum atomic E-state index is 4.44. The van der Waals surface area contributed by atoms with Crippen LogP contribution in [0.3, 0.4) is 0 Å². The van der Waals surface area contributed by atoms with Gasteiger partial charge in [-0.1, -0.05) is 52.0 Å². The monoisotopic (exact) mass is 382 g/mol. The normalized spacial score (nSPS) is 10.6. The van der Waals surface area contributed by atoms with Crippen LogP contribution in [0, 0.1) is 0 Å². The van der Waals surface area contributed by atoms with Gasteiger partial charge in [-0.2, -0.15) is 0 Å². The van der Waals surface area contributed by atoms with Crippen LogP contribution in [0.2, 0.25) is 0 Å². The molecule has 5 heteroatoms. The lowest BCUT2D eigenvalue weighted by Gasteiger charge is -2.13. The maximum Gasteiger partial charge on any atom is 0.173 e. The molecule has 1 aromatic heterocycles. The highest BCUT2D eigenvalue weighted by Gasteiger charge is 2.07. The lowest BCUT2D eigenvalue weighted by Crippen LogP contribution is -2.02. The van der Waals surface area contributed by atoms with E-state index in [9.17, 15) is 0 Å². The van der Waals surface area contributed by atoms with Crippen LogP contribution in [0.5, 0.6) is 0 Å². The van der Waals surface area contributed by atoms with Crippen molar-refractivity contribution >= 4 is 35.4 Å². The number of halogens is 1. The lowest BCUT2D eigenvalue weighted by molar-refractivity contribution is 0.867. The summed E-state index contributed by atoms with van der Waals surface area (Å²) in [7, 11) is 0. The molecule has 1 heterocycles. The van der Waals surface area contributed by atoms with Gasteiger partial charge in [-0.3, -0.25) is 0 Å². The van der Waals surface area contributed by atoms with Crippen molar-refractivity contribution in [2.24, 2.45) is 0 Å². The Labute approximate surface area is 167 Å². The van der Waals surface area contributed by atoms with Gasteiger partial charge in [0.15, 0.2) is 11.6 Å². The molecule has 0 fully saturated rings. The average Bonchev–Trinajstić information content (AvgIpc) is 2.64. The summed E-state index contributed by atoms with van der Waals surface area (Å²) in [5.41, 5.74) is 4.62. The summed E-state index contributed by atoms with van der Waals surface area (Å²) in [6.45, 7) is 8.77. The molecule has 3 rings (SSSR count). The van der Waals surface area contributed by atoms with Gasteiger partial charge in [-0.05, 0) is 47.2 Å². The number of aromatic nitrogens is 2. The first kappa shape index (κ1) is 20.7. The van der Waals surface area contributed by atoms with E-state index in [0.29, 0.717) is 23.5 Å². The zero-order chi connectivity index (χ0) is 18.5. The van der Waals surface area contributed by atoms with Crippen LogP contribution in [0.25, 0.3) is 0 Å². The molecule has 3 aromatic rings. The summed E-state index contributed by atoms with van der Waals surface area (Å²) in [5.74, 6) is 2.45. The van der Waals surface area contributed by atoms with E-state index < -0.39 is 0 Å². The van der Waals surface area contributed by atoms with Gasteiger partial charge in [-0.25, -0.2) is 9.97 Å². The fourth-order valence-electron chi connectivity index (χ4n) is 2.70. The fourth-order valence-corrected chi connectivity index (χ4v) is 2.70. The van der Waals surface area contributed by atoms with E-state index in [1.807, 2.05) is 0 Å². The first-order chi connectivity index (χ1) is 12.5. The molecule has 2 N–H and O–H groups in total. The number of anilines is 4. The zero-order valence-electron chi connectivity index (χ0n) is 16.2. The molecule has 27 heavy (non-hydrogen) atoms. The van der Waals surface area contributed by atoms with E-state index >= 15 is 0 Å². The molecule has 142 valence electrons. The zero-order valence-corrected chi connectivity index (χ0v) is 17.0. The molecule has 0 atom stereocenters. The second kappa shape index (κ2) is 9.38. The predicted octanol–water partition coefficient (Wildman–Crippen LogP) is 6.63. The third-order valence-corrected chi connectivity index (χ3v) is 4.38. The SMILES string of the molecule is CC(C)c1ccc(Nc2nccnc2Nc2ccc(C(C)C)cc2)cc1.Cl. The highest BCUT2D eigenvalue weighted by atomic mass is 35.5. The second-order valence-electron chi connectivity index (χ2n) is 7.06. The van der Waals surface area contributed by atoms with E-state index in [4.69, 9.17) is 0 Å². The minimum absolute atomic E-state index is 0. The van der Waals surface area contributed by atoms with Gasteiger partial charge in [-0.15, -0.1) is 12.4 Å². The quantitative estimate of drug-likeness (QED) is 0.502. The Bertz CT molecular complexity index is 770. The summed E-state index contributed by atoms with van der Waals surface area (Å²) in [5, 5.41) is 6.70. The number of hydrogen-bond acceptors (Lipinski definition) is 4. The molecule has 0 spiro atoms. The van der Waals surface area contributed by atoms with Crippen LogP contribution in [-0.4, -0.2) is 9.97 Å². The molecule has 0 aliphatic heterocycles. The molecule has 0 radical (unpaired) electrons. The molecule has 0 amide bonds. The van der Waals surface area contributed by atoms with Crippen molar-refractivity contribution in [3.63, 3.8) is 0 Å². The summed E-state index contributed by atoms with van der Waals surface area (Å²) in [6.07, 6.45) is 3.38. The van der Waals surface area contributed by atoms with E-state index in [1.165, 1.54) is 11.1 Å². The molecule has 0 saturated carbocycles. The van der Waals surface area contributed by atoms with Crippen LogP contribution < -0.4 is 10.6 Å². The third-order valence-electron chi connectivity index (χ3n) is 4.38. The van der Waals surface area contributed by atoms with Crippen molar-refractivity contribution in [3.05, 3.63) is 72.1 Å². The summed E-state index contributed by atoms with van der Waals surface area (Å²) >= 11 is 0. The summed E-state index contributed by atoms with van der Waals surface area (Å²) in [4.78, 5) is 8.87. The van der Waals surface area contributed by atoms with Crippen molar-refractivity contribution in [2.75, 3.05) is 10.6 Å². The number of hydrogen-bond donors (Lipinski definition) is 2. The van der Waals surface area contributed by atoms with Crippen molar-refractivity contribution < 1.29 is 0 Å². The van der Waals surface area contributed by atoms with Crippen LogP contribution in [0.4, 0.5) is 23.0 Å². The van der Waals surface area contributed by atoms with Crippen molar-refractivity contribution in [2.45, 2.75) is 39.5 Å².